The highest BCUT2D eigenvalue weighted by atomic mass is 16.3. The molecule has 0 aliphatic rings. The van der Waals surface area contributed by atoms with Gasteiger partial charge in [-0.1, -0.05) is 155 Å². The van der Waals surface area contributed by atoms with Gasteiger partial charge in [-0.2, -0.15) is 0 Å². The smallest absolute Gasteiger partial charge is 0.0789 e. The zero-order chi connectivity index (χ0) is 25.0. The quantitative estimate of drug-likeness (QED) is 0.105. The molecule has 3 N–H and O–H groups in total. The average molecular weight is 483 g/mol. The molecule has 0 aromatic rings. The molecule has 0 saturated carbocycles. The fourth-order valence-corrected chi connectivity index (χ4v) is 5.02. The molecule has 0 aliphatic carbocycles. The first-order chi connectivity index (χ1) is 16.7. The zero-order valence-electron chi connectivity index (χ0n) is 23.8. The Balaban J connectivity index is 3.62. The van der Waals surface area contributed by atoms with Crippen LogP contribution >= 0.6 is 0 Å². The molecule has 0 bridgehead atoms. The van der Waals surface area contributed by atoms with Crippen LogP contribution in [0.3, 0.4) is 0 Å². The van der Waals surface area contributed by atoms with E-state index in [1.54, 1.807) is 0 Å². The van der Waals surface area contributed by atoms with Gasteiger partial charge in [0.1, 0.15) is 0 Å². The van der Waals surface area contributed by atoms with Gasteiger partial charge in [0, 0.05) is 13.1 Å². The summed E-state index contributed by atoms with van der Waals surface area (Å²) in [4.78, 5) is 2.48. The van der Waals surface area contributed by atoms with E-state index >= 15 is 0 Å². The molecule has 0 fully saturated rings. The number of hydrogen-bond donors (Lipinski definition) is 2. The van der Waals surface area contributed by atoms with E-state index in [2.05, 4.69) is 18.7 Å². The van der Waals surface area contributed by atoms with Gasteiger partial charge in [-0.05, 0) is 25.9 Å². The molecule has 0 heterocycles. The number of nitrogens with two attached hydrogens (primary N) is 1. The van der Waals surface area contributed by atoms with Gasteiger partial charge in [0.05, 0.1) is 6.10 Å². The molecule has 0 spiro atoms. The summed E-state index contributed by atoms with van der Waals surface area (Å²) in [6.45, 7) is 7.98. The van der Waals surface area contributed by atoms with Crippen molar-refractivity contribution in [3.63, 3.8) is 0 Å². The van der Waals surface area contributed by atoms with Crippen LogP contribution in [0.1, 0.15) is 168 Å². The Morgan fingerprint density at radius 2 is 0.735 bits per heavy atom. The van der Waals surface area contributed by atoms with Gasteiger partial charge in [-0.3, -0.25) is 0 Å². The van der Waals surface area contributed by atoms with Crippen molar-refractivity contribution in [2.45, 2.75) is 174 Å². The summed E-state index contributed by atoms with van der Waals surface area (Å²) in [6.07, 6.45) is 33.1. The summed E-state index contributed by atoms with van der Waals surface area (Å²) in [5.41, 5.74) is 5.68. The van der Waals surface area contributed by atoms with Crippen molar-refractivity contribution in [1.29, 1.82) is 0 Å². The largest absolute Gasteiger partial charge is 0.390 e. The lowest BCUT2D eigenvalue weighted by Crippen LogP contribution is -2.37. The van der Waals surface area contributed by atoms with Crippen molar-refractivity contribution in [1.82, 2.24) is 4.90 Å². The maximum Gasteiger partial charge on any atom is 0.0789 e. The number of rotatable bonds is 29. The van der Waals surface area contributed by atoms with E-state index in [4.69, 9.17) is 5.73 Å². The third-order valence-electron chi connectivity index (χ3n) is 7.40. The van der Waals surface area contributed by atoms with E-state index in [0.717, 1.165) is 19.6 Å². The Labute approximate surface area is 216 Å². The van der Waals surface area contributed by atoms with Gasteiger partial charge in [0.2, 0.25) is 0 Å². The number of nitrogens with zero attached hydrogens (tertiary/aromatic N) is 1. The monoisotopic (exact) mass is 483 g/mol. The van der Waals surface area contributed by atoms with Gasteiger partial charge in [0.25, 0.3) is 0 Å². The fourth-order valence-electron chi connectivity index (χ4n) is 5.02. The van der Waals surface area contributed by atoms with E-state index in [1.807, 2.05) is 0 Å². The van der Waals surface area contributed by atoms with Gasteiger partial charge in [-0.15, -0.1) is 0 Å². The standard InChI is InChI=1S/C31H66N2O/c1-3-5-7-9-11-13-15-17-19-21-23-25-27-33(30-31(34)29-32)28-26-24-22-20-18-16-14-12-10-8-6-4-2/h31,34H,3-30,32H2,1-2H3. The second-order valence-electron chi connectivity index (χ2n) is 11.0. The molecular weight excluding hydrogens is 416 g/mol. The van der Waals surface area contributed by atoms with Gasteiger partial charge in [-0.25, -0.2) is 0 Å². The van der Waals surface area contributed by atoms with Gasteiger partial charge in [0.15, 0.2) is 0 Å². The van der Waals surface area contributed by atoms with E-state index in [0.29, 0.717) is 6.54 Å². The number of aliphatic hydroxyl groups excluding tert-OH is 1. The van der Waals surface area contributed by atoms with Crippen LogP contribution in [0, 0.1) is 0 Å². The summed E-state index contributed by atoms with van der Waals surface area (Å²) in [6, 6.07) is 0. The van der Waals surface area contributed by atoms with Crippen molar-refractivity contribution in [3.8, 4) is 0 Å². The highest BCUT2D eigenvalue weighted by Crippen LogP contribution is 2.14. The van der Waals surface area contributed by atoms with Crippen LogP contribution in [0.2, 0.25) is 0 Å². The molecule has 3 heteroatoms. The normalized spacial score (nSPS) is 12.6. The molecule has 1 unspecified atom stereocenters. The third-order valence-corrected chi connectivity index (χ3v) is 7.40. The zero-order valence-corrected chi connectivity index (χ0v) is 23.8. The Hall–Kier alpha value is -0.120. The molecule has 3 nitrogen and oxygen atoms in total. The predicted molar refractivity (Wildman–Crippen MR) is 154 cm³/mol. The second-order valence-corrected chi connectivity index (χ2v) is 11.0. The summed E-state index contributed by atoms with van der Waals surface area (Å²) in [5.74, 6) is 0. The first kappa shape index (κ1) is 33.9. The van der Waals surface area contributed by atoms with E-state index in [1.165, 1.54) is 154 Å². The Bertz CT molecular complexity index is 335. The summed E-state index contributed by atoms with van der Waals surface area (Å²) in [7, 11) is 0. The van der Waals surface area contributed by atoms with Crippen LogP contribution < -0.4 is 5.73 Å². The molecule has 1 atom stereocenters. The molecule has 0 amide bonds. The molecule has 0 aliphatic heterocycles. The summed E-state index contributed by atoms with van der Waals surface area (Å²) < 4.78 is 0. The van der Waals surface area contributed by atoms with Crippen LogP contribution in [0.5, 0.6) is 0 Å². The van der Waals surface area contributed by atoms with Crippen LogP contribution in [-0.2, 0) is 0 Å². The summed E-state index contributed by atoms with van der Waals surface area (Å²) in [5, 5.41) is 10.0. The maximum atomic E-state index is 10.0. The van der Waals surface area contributed by atoms with Crippen molar-refractivity contribution in [2.24, 2.45) is 5.73 Å². The molecule has 34 heavy (non-hydrogen) atoms. The lowest BCUT2D eigenvalue weighted by atomic mass is 10.0. The minimum Gasteiger partial charge on any atom is -0.390 e. The Morgan fingerprint density at radius 3 is 1.00 bits per heavy atom. The number of aliphatic hydroxyl groups is 1. The van der Waals surface area contributed by atoms with Crippen LogP contribution in [0.15, 0.2) is 0 Å². The second kappa shape index (κ2) is 29.1. The first-order valence-electron chi connectivity index (χ1n) is 15.8. The highest BCUT2D eigenvalue weighted by molar-refractivity contribution is 4.66. The van der Waals surface area contributed by atoms with Gasteiger partial charge >= 0.3 is 0 Å². The van der Waals surface area contributed by atoms with Crippen molar-refractivity contribution in [3.05, 3.63) is 0 Å². The lowest BCUT2D eigenvalue weighted by Gasteiger charge is -2.24. The predicted octanol–water partition coefficient (Wildman–Crippen LogP) is 9.01. The van der Waals surface area contributed by atoms with Crippen molar-refractivity contribution >= 4 is 0 Å². The maximum absolute atomic E-state index is 10.0. The minimum absolute atomic E-state index is 0.366. The van der Waals surface area contributed by atoms with Crippen LogP contribution in [0.4, 0.5) is 0 Å². The molecular formula is C31H66N2O. The number of unbranched alkanes of at least 4 members (excludes halogenated alkanes) is 22. The molecule has 0 saturated heterocycles. The van der Waals surface area contributed by atoms with Crippen molar-refractivity contribution in [2.75, 3.05) is 26.2 Å². The van der Waals surface area contributed by atoms with Crippen LogP contribution in [0.25, 0.3) is 0 Å². The summed E-state index contributed by atoms with van der Waals surface area (Å²) >= 11 is 0. The Morgan fingerprint density at radius 1 is 0.471 bits per heavy atom. The highest BCUT2D eigenvalue weighted by Gasteiger charge is 2.10. The topological polar surface area (TPSA) is 49.5 Å². The molecule has 0 aromatic heterocycles. The molecule has 0 radical (unpaired) electrons. The first-order valence-corrected chi connectivity index (χ1v) is 15.8. The van der Waals surface area contributed by atoms with E-state index in [9.17, 15) is 5.11 Å². The fraction of sp³-hybridized carbons (Fsp3) is 1.00. The molecule has 0 aromatic carbocycles. The molecule has 206 valence electrons. The Kier molecular flexibility index (Phi) is 29.0. The SMILES string of the molecule is CCCCCCCCCCCCCCN(CCCCCCCCCCCCCC)CC(O)CN. The molecule has 0 rings (SSSR count). The average Bonchev–Trinajstić information content (AvgIpc) is 2.84. The number of hydrogen-bond acceptors (Lipinski definition) is 3. The van der Waals surface area contributed by atoms with Gasteiger partial charge < -0.3 is 15.7 Å². The van der Waals surface area contributed by atoms with Crippen LogP contribution in [-0.4, -0.2) is 42.3 Å². The van der Waals surface area contributed by atoms with E-state index in [-0.39, 0.29) is 6.10 Å². The third kappa shape index (κ3) is 26.5. The minimum atomic E-state index is -0.366. The van der Waals surface area contributed by atoms with Crippen molar-refractivity contribution < 1.29 is 5.11 Å². The lowest BCUT2D eigenvalue weighted by molar-refractivity contribution is 0.116. The van der Waals surface area contributed by atoms with E-state index < -0.39 is 0 Å².